The number of aryl methyl sites for hydroxylation is 1. The molecule has 1 saturated heterocycles. The van der Waals surface area contributed by atoms with Crippen molar-refractivity contribution in [1.29, 1.82) is 0 Å². The molecule has 1 aliphatic rings. The zero-order valence-electron chi connectivity index (χ0n) is 22.5. The van der Waals surface area contributed by atoms with Crippen LogP contribution in [0.3, 0.4) is 0 Å². The van der Waals surface area contributed by atoms with Crippen molar-refractivity contribution >= 4 is 32.9 Å². The molecule has 0 saturated carbocycles. The van der Waals surface area contributed by atoms with E-state index in [1.54, 1.807) is 39.0 Å². The standard InChI is InChI=1S/C31H36ClNO4S/c1-22-19-24(21-38(36,37)30(2,3)4)7-14-28(22)29(34)20-23-5-12-27(13-6-23)33-17-15-31(35,16-18-33)25-8-10-26(32)11-9-25/h5-14,19,35H,15-18,20-21H2,1-4H3. The minimum atomic E-state index is -3.29. The molecule has 0 atom stereocenters. The highest BCUT2D eigenvalue weighted by molar-refractivity contribution is 7.91. The Morgan fingerprint density at radius 2 is 1.53 bits per heavy atom. The number of halogens is 1. The average molecular weight is 554 g/mol. The molecule has 1 aliphatic heterocycles. The molecule has 7 heteroatoms. The van der Waals surface area contributed by atoms with Crippen LogP contribution in [0.5, 0.6) is 0 Å². The van der Waals surface area contributed by atoms with E-state index in [-0.39, 0.29) is 18.0 Å². The summed E-state index contributed by atoms with van der Waals surface area (Å²) < 4.78 is 24.3. The van der Waals surface area contributed by atoms with Crippen LogP contribution in [0.15, 0.2) is 66.7 Å². The number of benzene rings is 3. The van der Waals surface area contributed by atoms with Gasteiger partial charge in [-0.3, -0.25) is 4.79 Å². The van der Waals surface area contributed by atoms with E-state index in [9.17, 15) is 18.3 Å². The van der Waals surface area contributed by atoms with Crippen molar-refractivity contribution in [2.45, 2.75) is 63.1 Å². The summed E-state index contributed by atoms with van der Waals surface area (Å²) >= 11 is 6.00. The van der Waals surface area contributed by atoms with E-state index in [0.717, 1.165) is 35.5 Å². The molecule has 1 N–H and O–H groups in total. The highest BCUT2D eigenvalue weighted by Crippen LogP contribution is 2.35. The van der Waals surface area contributed by atoms with Crippen molar-refractivity contribution in [1.82, 2.24) is 0 Å². The first kappa shape index (κ1) is 28.3. The lowest BCUT2D eigenvalue weighted by molar-refractivity contribution is 0.0118. The molecular formula is C31H36ClNO4S. The Morgan fingerprint density at radius 1 is 0.947 bits per heavy atom. The van der Waals surface area contributed by atoms with Gasteiger partial charge in [-0.15, -0.1) is 0 Å². The van der Waals surface area contributed by atoms with Gasteiger partial charge < -0.3 is 10.0 Å². The number of carbonyl (C=O) groups is 1. The molecular weight excluding hydrogens is 518 g/mol. The van der Waals surface area contributed by atoms with Gasteiger partial charge in [0.05, 0.1) is 16.1 Å². The first-order chi connectivity index (χ1) is 17.8. The third kappa shape index (κ3) is 6.31. The zero-order valence-corrected chi connectivity index (χ0v) is 24.1. The topological polar surface area (TPSA) is 74.7 Å². The number of anilines is 1. The van der Waals surface area contributed by atoms with E-state index in [4.69, 9.17) is 11.6 Å². The summed E-state index contributed by atoms with van der Waals surface area (Å²) in [6.07, 6.45) is 1.53. The highest BCUT2D eigenvalue weighted by Gasteiger charge is 2.34. The van der Waals surface area contributed by atoms with Crippen molar-refractivity contribution in [3.63, 3.8) is 0 Å². The number of carbonyl (C=O) groups excluding carboxylic acids is 1. The van der Waals surface area contributed by atoms with Gasteiger partial charge in [-0.05, 0) is 87.1 Å². The maximum atomic E-state index is 13.0. The largest absolute Gasteiger partial charge is 0.385 e. The smallest absolute Gasteiger partial charge is 0.167 e. The fourth-order valence-electron chi connectivity index (χ4n) is 4.85. The van der Waals surface area contributed by atoms with E-state index in [2.05, 4.69) is 4.90 Å². The number of hydrogen-bond acceptors (Lipinski definition) is 5. The molecule has 0 radical (unpaired) electrons. The second-order valence-corrected chi connectivity index (χ2v) is 14.5. The molecule has 3 aromatic rings. The summed E-state index contributed by atoms with van der Waals surface area (Å²) in [5.74, 6) is -0.0348. The molecule has 0 unspecified atom stereocenters. The van der Waals surface area contributed by atoms with Crippen LogP contribution in [0.4, 0.5) is 5.69 Å². The number of Topliss-reactive ketones (excluding diaryl/α,β-unsaturated/α-hetero) is 1. The monoisotopic (exact) mass is 553 g/mol. The summed E-state index contributed by atoms with van der Waals surface area (Å²) in [4.78, 5) is 15.3. The predicted molar refractivity (Wildman–Crippen MR) is 155 cm³/mol. The molecule has 0 bridgehead atoms. The van der Waals surface area contributed by atoms with Gasteiger partial charge >= 0.3 is 0 Å². The molecule has 1 heterocycles. The third-order valence-electron chi connectivity index (χ3n) is 7.52. The maximum Gasteiger partial charge on any atom is 0.167 e. The molecule has 5 nitrogen and oxygen atoms in total. The van der Waals surface area contributed by atoms with Gasteiger partial charge in [-0.1, -0.05) is 54.1 Å². The van der Waals surface area contributed by atoms with Crippen molar-refractivity contribution in [2.75, 3.05) is 18.0 Å². The van der Waals surface area contributed by atoms with E-state index >= 15 is 0 Å². The highest BCUT2D eigenvalue weighted by atomic mass is 35.5. The molecule has 1 fully saturated rings. The van der Waals surface area contributed by atoms with Gasteiger partial charge in [0.2, 0.25) is 0 Å². The Balaban J connectivity index is 1.37. The number of nitrogens with zero attached hydrogens (tertiary/aromatic N) is 1. The maximum absolute atomic E-state index is 13.0. The zero-order chi connectivity index (χ0) is 27.7. The second kappa shape index (κ2) is 10.8. The van der Waals surface area contributed by atoms with Crippen LogP contribution in [-0.4, -0.2) is 37.1 Å². The number of piperidine rings is 1. The van der Waals surface area contributed by atoms with Gasteiger partial charge in [0.15, 0.2) is 15.6 Å². The number of sulfone groups is 1. The summed E-state index contributed by atoms with van der Waals surface area (Å²) in [7, 11) is -3.29. The SMILES string of the molecule is Cc1cc(CS(=O)(=O)C(C)(C)C)ccc1C(=O)Cc1ccc(N2CCC(O)(c3ccc(Cl)cc3)CC2)cc1. The van der Waals surface area contributed by atoms with Crippen LogP contribution >= 0.6 is 11.6 Å². The van der Waals surface area contributed by atoms with Crippen LogP contribution in [0.2, 0.25) is 5.02 Å². The van der Waals surface area contributed by atoms with E-state index in [1.165, 1.54) is 0 Å². The number of ketones is 1. The van der Waals surface area contributed by atoms with Gasteiger partial charge in [-0.2, -0.15) is 0 Å². The lowest BCUT2D eigenvalue weighted by Crippen LogP contribution is -2.42. The molecule has 0 aliphatic carbocycles. The summed E-state index contributed by atoms with van der Waals surface area (Å²) in [5.41, 5.74) is 4.14. The van der Waals surface area contributed by atoms with Crippen LogP contribution in [0, 0.1) is 6.92 Å². The Bertz CT molecular complexity index is 1400. The van der Waals surface area contributed by atoms with Gasteiger partial charge in [0, 0.05) is 35.8 Å². The Hall–Kier alpha value is -2.67. The lowest BCUT2D eigenvalue weighted by Gasteiger charge is -2.39. The molecule has 0 spiro atoms. The Labute approximate surface area is 231 Å². The first-order valence-electron chi connectivity index (χ1n) is 12.9. The molecule has 4 rings (SSSR count). The molecule has 202 valence electrons. The Morgan fingerprint density at radius 3 is 2.08 bits per heavy atom. The molecule has 38 heavy (non-hydrogen) atoms. The van der Waals surface area contributed by atoms with Crippen LogP contribution < -0.4 is 4.90 Å². The van der Waals surface area contributed by atoms with Crippen LogP contribution in [0.25, 0.3) is 0 Å². The normalized spacial score (nSPS) is 15.9. The average Bonchev–Trinajstić information content (AvgIpc) is 2.84. The fraction of sp³-hybridized carbons (Fsp3) is 0.387. The van der Waals surface area contributed by atoms with Gasteiger partial charge in [0.1, 0.15) is 0 Å². The fourth-order valence-corrected chi connectivity index (χ4v) is 6.03. The van der Waals surface area contributed by atoms with Crippen molar-refractivity contribution in [2.24, 2.45) is 0 Å². The Kier molecular flexibility index (Phi) is 8.08. The minimum absolute atomic E-state index is 0.00600. The third-order valence-corrected chi connectivity index (χ3v) is 10.4. The summed E-state index contributed by atoms with van der Waals surface area (Å²) in [6.45, 7) is 8.41. The molecule has 3 aromatic carbocycles. The van der Waals surface area contributed by atoms with Crippen molar-refractivity contribution < 1.29 is 18.3 Å². The number of aliphatic hydroxyl groups is 1. The van der Waals surface area contributed by atoms with E-state index in [1.807, 2.05) is 55.5 Å². The van der Waals surface area contributed by atoms with Crippen molar-refractivity contribution in [3.05, 3.63) is 99.6 Å². The van der Waals surface area contributed by atoms with Crippen molar-refractivity contribution in [3.8, 4) is 0 Å². The van der Waals surface area contributed by atoms with E-state index in [0.29, 0.717) is 29.0 Å². The predicted octanol–water partition coefficient (Wildman–Crippen LogP) is 6.28. The number of rotatable bonds is 7. The first-order valence-corrected chi connectivity index (χ1v) is 15.0. The number of hydrogen-bond donors (Lipinski definition) is 1. The van der Waals surface area contributed by atoms with Crippen LogP contribution in [0.1, 0.15) is 66.2 Å². The summed E-state index contributed by atoms with van der Waals surface area (Å²) in [5, 5.41) is 11.8. The minimum Gasteiger partial charge on any atom is -0.385 e. The summed E-state index contributed by atoms with van der Waals surface area (Å²) in [6, 6.07) is 20.7. The van der Waals surface area contributed by atoms with E-state index < -0.39 is 20.2 Å². The van der Waals surface area contributed by atoms with Crippen LogP contribution in [-0.2, 0) is 27.6 Å². The second-order valence-electron chi connectivity index (χ2n) is 11.3. The van der Waals surface area contributed by atoms with Gasteiger partial charge in [-0.25, -0.2) is 8.42 Å². The van der Waals surface area contributed by atoms with Gasteiger partial charge in [0.25, 0.3) is 0 Å². The molecule has 0 amide bonds. The molecule has 0 aromatic heterocycles. The quantitative estimate of drug-likeness (QED) is 0.349. The lowest BCUT2D eigenvalue weighted by atomic mass is 9.84.